The van der Waals surface area contributed by atoms with Gasteiger partial charge in [0, 0.05) is 22.3 Å². The number of hydrogen-bond donors (Lipinski definition) is 1. The van der Waals surface area contributed by atoms with Gasteiger partial charge in [0.05, 0.1) is 20.3 Å². The Morgan fingerprint density at radius 1 is 1.33 bits per heavy atom. The number of nitrogens with zero attached hydrogens (tertiary/aromatic N) is 1. The molecular formula is C13H14Cl2N2O4. The lowest BCUT2D eigenvalue weighted by molar-refractivity contribution is -0.150. The van der Waals surface area contributed by atoms with Crippen molar-refractivity contribution in [3.8, 4) is 0 Å². The van der Waals surface area contributed by atoms with Crippen molar-refractivity contribution in [3.63, 3.8) is 0 Å². The molecule has 114 valence electrons. The molecule has 0 aromatic heterocycles. The van der Waals surface area contributed by atoms with Gasteiger partial charge in [-0.05, 0) is 18.2 Å². The molecule has 2 rings (SSSR count). The Morgan fingerprint density at radius 3 is 2.62 bits per heavy atom. The molecule has 1 aliphatic rings. The molecule has 0 radical (unpaired) electrons. The highest BCUT2D eigenvalue weighted by molar-refractivity contribution is 6.35. The van der Waals surface area contributed by atoms with E-state index in [9.17, 15) is 9.59 Å². The number of esters is 1. The van der Waals surface area contributed by atoms with E-state index in [4.69, 9.17) is 27.9 Å². The van der Waals surface area contributed by atoms with Gasteiger partial charge in [-0.1, -0.05) is 23.2 Å². The lowest BCUT2D eigenvalue weighted by atomic mass is 10.2. The number of hydrogen-bond acceptors (Lipinski definition) is 4. The number of urea groups is 1. The third kappa shape index (κ3) is 4.00. The van der Waals surface area contributed by atoms with Gasteiger partial charge in [-0.15, -0.1) is 0 Å². The fraction of sp³-hybridized carbons (Fsp3) is 0.385. The Kier molecular flexibility index (Phi) is 5.27. The van der Waals surface area contributed by atoms with E-state index in [1.807, 2.05) is 0 Å². The Hall–Kier alpha value is -1.50. The number of ether oxygens (including phenoxy) is 2. The summed E-state index contributed by atoms with van der Waals surface area (Å²) in [6, 6.07) is 3.49. The van der Waals surface area contributed by atoms with Crippen LogP contribution in [0.3, 0.4) is 0 Å². The summed E-state index contributed by atoms with van der Waals surface area (Å²) in [5, 5.41) is 3.47. The van der Waals surface area contributed by atoms with Crippen molar-refractivity contribution in [1.29, 1.82) is 0 Å². The van der Waals surface area contributed by atoms with Gasteiger partial charge in [-0.3, -0.25) is 0 Å². The molecule has 1 aliphatic heterocycles. The Balaban J connectivity index is 2.11. The zero-order valence-electron chi connectivity index (χ0n) is 11.3. The van der Waals surface area contributed by atoms with Crippen molar-refractivity contribution in [2.75, 3.05) is 32.2 Å². The van der Waals surface area contributed by atoms with Crippen LogP contribution >= 0.6 is 23.2 Å². The zero-order valence-corrected chi connectivity index (χ0v) is 12.8. The van der Waals surface area contributed by atoms with Crippen LogP contribution < -0.4 is 5.32 Å². The SMILES string of the molecule is COC(=O)C1COCCN1C(=O)Nc1cc(Cl)cc(Cl)c1. The standard InChI is InChI=1S/C13H14Cl2N2O4/c1-20-12(18)11-7-21-3-2-17(11)13(19)16-10-5-8(14)4-9(15)6-10/h4-6,11H,2-3,7H2,1H3,(H,16,19). The van der Waals surface area contributed by atoms with Gasteiger partial charge in [0.25, 0.3) is 0 Å². The molecule has 1 heterocycles. The van der Waals surface area contributed by atoms with Crippen molar-refractivity contribution in [2.45, 2.75) is 6.04 Å². The first-order valence-electron chi connectivity index (χ1n) is 6.20. The first-order valence-corrected chi connectivity index (χ1v) is 6.96. The predicted octanol–water partition coefficient (Wildman–Crippen LogP) is 2.40. The van der Waals surface area contributed by atoms with Crippen molar-refractivity contribution in [1.82, 2.24) is 4.90 Å². The highest BCUT2D eigenvalue weighted by Gasteiger charge is 2.33. The molecule has 0 saturated carbocycles. The molecule has 1 atom stereocenters. The molecule has 1 aromatic carbocycles. The first kappa shape index (κ1) is 15.9. The molecule has 1 fully saturated rings. The monoisotopic (exact) mass is 332 g/mol. The number of morpholine rings is 1. The molecule has 8 heteroatoms. The van der Waals surface area contributed by atoms with Gasteiger partial charge in [0.1, 0.15) is 0 Å². The maximum Gasteiger partial charge on any atom is 0.331 e. The van der Waals surface area contributed by atoms with Crippen LogP contribution in [-0.4, -0.2) is 49.8 Å². The summed E-state index contributed by atoms with van der Waals surface area (Å²) >= 11 is 11.8. The fourth-order valence-corrected chi connectivity index (χ4v) is 2.53. The van der Waals surface area contributed by atoms with Crippen LogP contribution in [0.1, 0.15) is 0 Å². The second kappa shape index (κ2) is 6.98. The van der Waals surface area contributed by atoms with Gasteiger partial charge in [0.15, 0.2) is 6.04 Å². The minimum atomic E-state index is -0.765. The number of methoxy groups -OCH3 is 1. The van der Waals surface area contributed by atoms with Gasteiger partial charge >= 0.3 is 12.0 Å². The van der Waals surface area contributed by atoms with Crippen molar-refractivity contribution in [3.05, 3.63) is 28.2 Å². The molecule has 0 bridgehead atoms. The van der Waals surface area contributed by atoms with Gasteiger partial charge in [-0.2, -0.15) is 0 Å². The number of carbonyl (C=O) groups is 2. The summed E-state index contributed by atoms with van der Waals surface area (Å²) in [6.45, 7) is 0.757. The topological polar surface area (TPSA) is 67.9 Å². The number of halogens is 2. The van der Waals surface area contributed by atoms with E-state index in [2.05, 4.69) is 10.1 Å². The maximum absolute atomic E-state index is 12.3. The smallest absolute Gasteiger partial charge is 0.331 e. The minimum Gasteiger partial charge on any atom is -0.467 e. The molecule has 0 spiro atoms. The minimum absolute atomic E-state index is 0.108. The molecular weight excluding hydrogens is 319 g/mol. The van der Waals surface area contributed by atoms with E-state index < -0.39 is 18.0 Å². The average molecular weight is 333 g/mol. The second-order valence-electron chi connectivity index (χ2n) is 4.40. The van der Waals surface area contributed by atoms with Crippen LogP contribution in [0, 0.1) is 0 Å². The number of rotatable bonds is 2. The summed E-state index contributed by atoms with van der Waals surface area (Å²) in [6.07, 6.45) is 0. The Labute approximate surface area is 131 Å². The quantitative estimate of drug-likeness (QED) is 0.844. The van der Waals surface area contributed by atoms with E-state index >= 15 is 0 Å². The number of anilines is 1. The largest absolute Gasteiger partial charge is 0.467 e. The second-order valence-corrected chi connectivity index (χ2v) is 5.27. The molecule has 1 saturated heterocycles. The van der Waals surface area contributed by atoms with Gasteiger partial charge in [0.2, 0.25) is 0 Å². The normalized spacial score (nSPS) is 18.2. The number of nitrogens with one attached hydrogen (secondary N) is 1. The van der Waals surface area contributed by atoms with E-state index in [0.29, 0.717) is 28.9 Å². The van der Waals surface area contributed by atoms with Crippen molar-refractivity contribution < 1.29 is 19.1 Å². The fourth-order valence-electron chi connectivity index (χ4n) is 2.00. The lowest BCUT2D eigenvalue weighted by Gasteiger charge is -2.33. The van der Waals surface area contributed by atoms with Crippen molar-refractivity contribution in [2.24, 2.45) is 0 Å². The lowest BCUT2D eigenvalue weighted by Crippen LogP contribution is -2.54. The summed E-state index contributed by atoms with van der Waals surface area (Å²) in [4.78, 5) is 25.3. The first-order chi connectivity index (χ1) is 10.0. The van der Waals surface area contributed by atoms with Gasteiger partial charge < -0.3 is 19.7 Å². The van der Waals surface area contributed by atoms with E-state index in [0.717, 1.165) is 0 Å². The average Bonchev–Trinajstić information content (AvgIpc) is 2.45. The van der Waals surface area contributed by atoms with Gasteiger partial charge in [-0.25, -0.2) is 9.59 Å². The highest BCUT2D eigenvalue weighted by Crippen LogP contribution is 2.23. The van der Waals surface area contributed by atoms with Crippen LogP contribution in [0.25, 0.3) is 0 Å². The third-order valence-corrected chi connectivity index (χ3v) is 3.41. The summed E-state index contributed by atoms with van der Waals surface area (Å²) in [5.41, 5.74) is 0.451. The van der Waals surface area contributed by atoms with E-state index in [1.165, 1.54) is 12.0 Å². The molecule has 1 unspecified atom stereocenters. The third-order valence-electron chi connectivity index (χ3n) is 2.98. The molecule has 1 N–H and O–H groups in total. The van der Waals surface area contributed by atoms with Crippen molar-refractivity contribution >= 4 is 40.9 Å². The molecule has 6 nitrogen and oxygen atoms in total. The Morgan fingerprint density at radius 2 is 2.00 bits per heavy atom. The van der Waals surface area contributed by atoms with Crippen LogP contribution in [0.5, 0.6) is 0 Å². The van der Waals surface area contributed by atoms with Crippen LogP contribution in [0.2, 0.25) is 10.0 Å². The van der Waals surface area contributed by atoms with E-state index in [1.54, 1.807) is 18.2 Å². The maximum atomic E-state index is 12.3. The van der Waals surface area contributed by atoms with E-state index in [-0.39, 0.29) is 6.61 Å². The van der Waals surface area contributed by atoms with Crippen LogP contribution in [0.4, 0.5) is 10.5 Å². The molecule has 21 heavy (non-hydrogen) atoms. The summed E-state index contributed by atoms with van der Waals surface area (Å²) in [7, 11) is 1.27. The number of benzene rings is 1. The summed E-state index contributed by atoms with van der Waals surface area (Å²) < 4.78 is 9.88. The van der Waals surface area contributed by atoms with Crippen LogP contribution in [0.15, 0.2) is 18.2 Å². The Bertz CT molecular complexity index is 533. The number of amides is 2. The van der Waals surface area contributed by atoms with Crippen LogP contribution in [-0.2, 0) is 14.3 Å². The molecule has 2 amide bonds. The summed E-state index contributed by atoms with van der Waals surface area (Å²) in [5.74, 6) is -0.519. The molecule has 1 aromatic rings. The highest BCUT2D eigenvalue weighted by atomic mass is 35.5. The molecule has 0 aliphatic carbocycles. The zero-order chi connectivity index (χ0) is 15.4. The number of carbonyl (C=O) groups excluding carboxylic acids is 2. The predicted molar refractivity (Wildman–Crippen MR) is 78.8 cm³/mol.